The van der Waals surface area contributed by atoms with E-state index in [1.807, 2.05) is 7.05 Å². The van der Waals surface area contributed by atoms with Gasteiger partial charge in [0.25, 0.3) is 0 Å². The number of aromatic nitrogens is 2. The van der Waals surface area contributed by atoms with Crippen LogP contribution in [0.4, 0.5) is 5.13 Å². The second kappa shape index (κ2) is 4.57. The molecule has 0 aliphatic rings. The first-order chi connectivity index (χ1) is 5.74. The van der Waals surface area contributed by atoms with Crippen molar-refractivity contribution in [1.82, 2.24) is 10.2 Å². The van der Waals surface area contributed by atoms with Crippen molar-refractivity contribution in [2.75, 3.05) is 18.5 Å². The van der Waals surface area contributed by atoms with Gasteiger partial charge in [-0.15, -0.1) is 5.10 Å². The smallest absolute Gasteiger partial charge is 0.206 e. The van der Waals surface area contributed by atoms with Crippen molar-refractivity contribution in [2.45, 2.75) is 19.8 Å². The van der Waals surface area contributed by atoms with Gasteiger partial charge in [-0.1, -0.05) is 24.7 Å². The van der Waals surface area contributed by atoms with Gasteiger partial charge in [-0.2, -0.15) is 0 Å². The Balaban J connectivity index is 2.53. The fraction of sp³-hybridized carbons (Fsp3) is 0.714. The maximum Gasteiger partial charge on any atom is 0.206 e. The minimum Gasteiger partial charge on any atom is -0.350 e. The van der Waals surface area contributed by atoms with E-state index in [-0.39, 0.29) is 0 Å². The first-order valence-electron chi connectivity index (χ1n) is 4.00. The van der Waals surface area contributed by atoms with Crippen LogP contribution in [0.5, 0.6) is 0 Å². The Hall–Kier alpha value is -0.420. The molecule has 0 spiro atoms. The van der Waals surface area contributed by atoms with Gasteiger partial charge in [0, 0.05) is 13.6 Å². The summed E-state index contributed by atoms with van der Waals surface area (Å²) in [7, 11) is 2.04. The molecule has 0 aliphatic heterocycles. The second-order valence-corrected chi connectivity index (χ2v) is 4.31. The van der Waals surface area contributed by atoms with Crippen LogP contribution in [0.25, 0.3) is 0 Å². The first kappa shape index (κ1) is 9.67. The normalized spacial score (nSPS) is 10.2. The van der Waals surface area contributed by atoms with Gasteiger partial charge in [0.2, 0.25) is 5.13 Å². The molecule has 0 saturated carbocycles. The third kappa shape index (κ3) is 2.57. The van der Waals surface area contributed by atoms with E-state index in [1.54, 1.807) is 0 Å². The van der Waals surface area contributed by atoms with Crippen LogP contribution in [0.2, 0.25) is 0 Å². The molecule has 0 aromatic carbocycles. The van der Waals surface area contributed by atoms with Gasteiger partial charge in [-0.3, -0.25) is 5.10 Å². The number of hydrogen-bond acceptors (Lipinski definition) is 4. The number of hydrogen-bond donors (Lipinski definition) is 1. The molecular formula is C7H13N3S2. The number of nitrogens with one attached hydrogen (secondary N) is 1. The van der Waals surface area contributed by atoms with Crippen molar-refractivity contribution >= 4 is 28.7 Å². The number of anilines is 1. The van der Waals surface area contributed by atoms with Crippen LogP contribution >= 0.6 is 23.6 Å². The highest BCUT2D eigenvalue weighted by Gasteiger charge is 2.02. The molecule has 0 atom stereocenters. The number of rotatable bonds is 4. The number of aromatic amines is 1. The molecule has 0 unspecified atom stereocenters. The minimum absolute atomic E-state index is 0.744. The van der Waals surface area contributed by atoms with Gasteiger partial charge in [0.1, 0.15) is 0 Å². The predicted octanol–water partition coefficient (Wildman–Crippen LogP) is 2.44. The molecule has 1 aromatic heterocycles. The van der Waals surface area contributed by atoms with Crippen molar-refractivity contribution in [1.29, 1.82) is 0 Å². The van der Waals surface area contributed by atoms with Crippen LogP contribution in [0.1, 0.15) is 19.8 Å². The largest absolute Gasteiger partial charge is 0.350 e. The highest BCUT2D eigenvalue weighted by atomic mass is 32.1. The standard InChI is InChI=1S/C7H13N3S2/c1-3-4-5-10(2)6-8-9-7(11)12-6/h3-5H2,1-2H3,(H,9,11). The molecule has 5 heteroatoms. The summed E-state index contributed by atoms with van der Waals surface area (Å²) in [5, 5.41) is 7.83. The SMILES string of the molecule is CCCCN(C)c1n[nH]c(=S)s1. The lowest BCUT2D eigenvalue weighted by Gasteiger charge is -2.13. The summed E-state index contributed by atoms with van der Waals surface area (Å²) in [6, 6.07) is 0. The Morgan fingerprint density at radius 3 is 2.92 bits per heavy atom. The molecule has 0 fully saturated rings. The summed E-state index contributed by atoms with van der Waals surface area (Å²) < 4.78 is 0.744. The number of nitrogens with zero attached hydrogens (tertiary/aromatic N) is 2. The van der Waals surface area contributed by atoms with Crippen LogP contribution in [-0.2, 0) is 0 Å². The van der Waals surface area contributed by atoms with E-state index in [2.05, 4.69) is 22.0 Å². The van der Waals surface area contributed by atoms with Crippen LogP contribution in [0.15, 0.2) is 0 Å². The van der Waals surface area contributed by atoms with E-state index in [0.717, 1.165) is 15.6 Å². The zero-order valence-corrected chi connectivity index (χ0v) is 8.97. The lowest BCUT2D eigenvalue weighted by molar-refractivity contribution is 0.761. The van der Waals surface area contributed by atoms with Crippen molar-refractivity contribution in [3.63, 3.8) is 0 Å². The van der Waals surface area contributed by atoms with Gasteiger partial charge in [0.15, 0.2) is 3.95 Å². The zero-order chi connectivity index (χ0) is 8.97. The third-order valence-corrected chi connectivity index (χ3v) is 2.80. The zero-order valence-electron chi connectivity index (χ0n) is 7.33. The summed E-state index contributed by atoms with van der Waals surface area (Å²) in [6.45, 7) is 3.23. The van der Waals surface area contributed by atoms with Crippen LogP contribution in [0, 0.1) is 3.95 Å². The minimum atomic E-state index is 0.744. The van der Waals surface area contributed by atoms with Gasteiger partial charge < -0.3 is 4.90 Å². The van der Waals surface area contributed by atoms with Crippen LogP contribution < -0.4 is 4.90 Å². The van der Waals surface area contributed by atoms with Crippen molar-refractivity contribution in [3.8, 4) is 0 Å². The first-order valence-corrected chi connectivity index (χ1v) is 5.23. The lowest BCUT2D eigenvalue weighted by Crippen LogP contribution is -2.17. The molecule has 1 N–H and O–H groups in total. The molecule has 0 radical (unpaired) electrons. The fourth-order valence-corrected chi connectivity index (χ4v) is 1.74. The average Bonchev–Trinajstić information content (AvgIpc) is 2.47. The van der Waals surface area contributed by atoms with Crippen LogP contribution in [0.3, 0.4) is 0 Å². The van der Waals surface area contributed by atoms with Crippen molar-refractivity contribution in [2.24, 2.45) is 0 Å². The van der Waals surface area contributed by atoms with E-state index in [9.17, 15) is 0 Å². The molecule has 12 heavy (non-hydrogen) atoms. The lowest BCUT2D eigenvalue weighted by atomic mass is 10.3. The highest BCUT2D eigenvalue weighted by molar-refractivity contribution is 7.73. The third-order valence-electron chi connectivity index (χ3n) is 1.60. The molecule has 0 bridgehead atoms. The molecular weight excluding hydrogens is 190 g/mol. The summed E-state index contributed by atoms with van der Waals surface area (Å²) in [5.74, 6) is 0. The maximum absolute atomic E-state index is 4.94. The number of unbranched alkanes of at least 4 members (excludes halogenated alkanes) is 1. The quantitative estimate of drug-likeness (QED) is 0.763. The maximum atomic E-state index is 4.94. The van der Waals surface area contributed by atoms with E-state index in [0.29, 0.717) is 0 Å². The summed E-state index contributed by atoms with van der Waals surface area (Å²) in [5.41, 5.74) is 0. The Morgan fingerprint density at radius 2 is 2.42 bits per heavy atom. The monoisotopic (exact) mass is 203 g/mol. The van der Waals surface area contributed by atoms with Gasteiger partial charge in [-0.25, -0.2) is 0 Å². The van der Waals surface area contributed by atoms with E-state index >= 15 is 0 Å². The summed E-state index contributed by atoms with van der Waals surface area (Å²) in [6.07, 6.45) is 2.41. The van der Waals surface area contributed by atoms with E-state index in [1.165, 1.54) is 24.2 Å². The molecule has 3 nitrogen and oxygen atoms in total. The molecule has 1 heterocycles. The Kier molecular flexibility index (Phi) is 3.68. The highest BCUT2D eigenvalue weighted by Crippen LogP contribution is 2.15. The summed E-state index contributed by atoms with van der Waals surface area (Å²) in [4.78, 5) is 2.13. The second-order valence-electron chi connectivity index (χ2n) is 2.67. The summed E-state index contributed by atoms with van der Waals surface area (Å²) >= 11 is 6.46. The molecule has 1 rings (SSSR count). The Labute approximate surface area is 81.4 Å². The predicted molar refractivity (Wildman–Crippen MR) is 55.5 cm³/mol. The molecule has 0 amide bonds. The van der Waals surface area contributed by atoms with Gasteiger partial charge >= 0.3 is 0 Å². The fourth-order valence-electron chi connectivity index (χ4n) is 0.876. The Bertz CT molecular complexity index is 278. The van der Waals surface area contributed by atoms with E-state index < -0.39 is 0 Å². The van der Waals surface area contributed by atoms with Crippen molar-refractivity contribution < 1.29 is 0 Å². The van der Waals surface area contributed by atoms with Crippen LogP contribution in [-0.4, -0.2) is 23.8 Å². The molecule has 0 saturated heterocycles. The Morgan fingerprint density at radius 1 is 1.67 bits per heavy atom. The van der Waals surface area contributed by atoms with E-state index in [4.69, 9.17) is 12.2 Å². The van der Waals surface area contributed by atoms with Gasteiger partial charge in [-0.05, 0) is 18.6 Å². The topological polar surface area (TPSA) is 31.9 Å². The molecule has 68 valence electrons. The van der Waals surface area contributed by atoms with Gasteiger partial charge in [0.05, 0.1) is 0 Å². The molecule has 0 aliphatic carbocycles. The number of H-pyrrole nitrogens is 1. The average molecular weight is 203 g/mol. The molecule has 1 aromatic rings. The van der Waals surface area contributed by atoms with Crippen molar-refractivity contribution in [3.05, 3.63) is 3.95 Å².